The molecule has 0 aliphatic carbocycles. The molecule has 1 aromatic rings. The largest absolute Gasteiger partial charge is 0.351 e. The fraction of sp³-hybridized carbons (Fsp3) is 0.545. The summed E-state index contributed by atoms with van der Waals surface area (Å²) >= 11 is 12.0. The molecule has 1 unspecified atom stereocenters. The zero-order valence-electron chi connectivity index (χ0n) is 9.00. The Kier molecular flexibility index (Phi) is 3.90. The van der Waals surface area contributed by atoms with E-state index in [1.807, 2.05) is 0 Å². The van der Waals surface area contributed by atoms with E-state index in [0.717, 1.165) is 25.2 Å². The van der Waals surface area contributed by atoms with Gasteiger partial charge in [0.1, 0.15) is 5.82 Å². The molecule has 0 aromatic carbocycles. The van der Waals surface area contributed by atoms with Crippen molar-refractivity contribution in [2.45, 2.75) is 25.3 Å². The Morgan fingerprint density at radius 3 is 2.94 bits per heavy atom. The van der Waals surface area contributed by atoms with Crippen LogP contribution < -0.4 is 10.6 Å². The van der Waals surface area contributed by atoms with E-state index >= 15 is 0 Å². The summed E-state index contributed by atoms with van der Waals surface area (Å²) in [5.74, 6) is 0.807. The number of rotatable bonds is 2. The minimum Gasteiger partial charge on any atom is -0.351 e. The summed E-state index contributed by atoms with van der Waals surface area (Å²) in [6.45, 7) is 1.61. The molecule has 0 amide bonds. The second kappa shape index (κ2) is 5.21. The van der Waals surface area contributed by atoms with Gasteiger partial charge in [0, 0.05) is 25.3 Å². The van der Waals surface area contributed by atoms with Gasteiger partial charge in [0.05, 0.1) is 10.0 Å². The lowest BCUT2D eigenvalue weighted by Crippen LogP contribution is -2.44. The van der Waals surface area contributed by atoms with Gasteiger partial charge in [-0.15, -0.1) is 0 Å². The van der Waals surface area contributed by atoms with Gasteiger partial charge in [0.25, 0.3) is 0 Å². The van der Waals surface area contributed by atoms with Gasteiger partial charge in [0.2, 0.25) is 0 Å². The fourth-order valence-electron chi connectivity index (χ4n) is 2.14. The molecule has 0 spiro atoms. The van der Waals surface area contributed by atoms with Crippen molar-refractivity contribution in [3.63, 3.8) is 0 Å². The van der Waals surface area contributed by atoms with E-state index in [1.165, 1.54) is 6.42 Å². The highest BCUT2D eigenvalue weighted by atomic mass is 35.5. The van der Waals surface area contributed by atoms with Gasteiger partial charge in [-0.2, -0.15) is 0 Å². The first-order valence-corrected chi connectivity index (χ1v) is 6.25. The van der Waals surface area contributed by atoms with Gasteiger partial charge in [-0.05, 0) is 25.3 Å². The summed E-state index contributed by atoms with van der Waals surface area (Å²) in [6, 6.07) is 2.08. The van der Waals surface area contributed by atoms with Crippen molar-refractivity contribution in [2.75, 3.05) is 18.0 Å². The standard InChI is InChI=1S/C11H15Cl2N3/c12-8-5-10(13)11(15-7-8)16-4-2-1-3-9(16)6-14/h5,7,9H,1-4,6,14H2. The van der Waals surface area contributed by atoms with Crippen LogP contribution in [0.5, 0.6) is 0 Å². The third-order valence-corrected chi connectivity index (χ3v) is 3.44. The average Bonchev–Trinajstić information content (AvgIpc) is 2.29. The Bertz CT molecular complexity index is 370. The molecule has 1 aliphatic heterocycles. The molecule has 1 aliphatic rings. The smallest absolute Gasteiger partial charge is 0.147 e. The second-order valence-corrected chi connectivity index (χ2v) is 4.88. The molecule has 16 heavy (non-hydrogen) atoms. The van der Waals surface area contributed by atoms with E-state index in [4.69, 9.17) is 28.9 Å². The lowest BCUT2D eigenvalue weighted by Gasteiger charge is -2.36. The Labute approximate surface area is 106 Å². The third-order valence-electron chi connectivity index (χ3n) is 2.96. The molecule has 0 saturated carbocycles. The molecule has 1 saturated heterocycles. The van der Waals surface area contributed by atoms with Crippen LogP contribution >= 0.6 is 23.2 Å². The monoisotopic (exact) mass is 259 g/mol. The van der Waals surface area contributed by atoms with E-state index in [2.05, 4.69) is 9.88 Å². The number of piperidine rings is 1. The topological polar surface area (TPSA) is 42.1 Å². The maximum atomic E-state index is 6.16. The van der Waals surface area contributed by atoms with Crippen LogP contribution in [0, 0.1) is 0 Å². The van der Waals surface area contributed by atoms with Gasteiger partial charge in [-0.3, -0.25) is 0 Å². The normalized spacial score (nSPS) is 21.2. The first-order chi connectivity index (χ1) is 7.72. The molecular weight excluding hydrogens is 245 g/mol. The molecule has 3 nitrogen and oxygen atoms in total. The van der Waals surface area contributed by atoms with Crippen LogP contribution in [0.1, 0.15) is 19.3 Å². The van der Waals surface area contributed by atoms with Crippen molar-refractivity contribution >= 4 is 29.0 Å². The van der Waals surface area contributed by atoms with Crippen molar-refractivity contribution in [3.8, 4) is 0 Å². The molecule has 5 heteroatoms. The van der Waals surface area contributed by atoms with Crippen LogP contribution in [0.15, 0.2) is 12.3 Å². The minimum atomic E-state index is 0.347. The first kappa shape index (κ1) is 12.0. The summed E-state index contributed by atoms with van der Waals surface area (Å²) < 4.78 is 0. The van der Waals surface area contributed by atoms with Crippen molar-refractivity contribution in [1.29, 1.82) is 0 Å². The molecule has 2 heterocycles. The lowest BCUT2D eigenvalue weighted by atomic mass is 10.0. The number of nitrogens with zero attached hydrogens (tertiary/aromatic N) is 2. The Hall–Kier alpha value is -0.510. The molecule has 1 atom stereocenters. The highest BCUT2D eigenvalue weighted by molar-refractivity contribution is 6.36. The lowest BCUT2D eigenvalue weighted by molar-refractivity contribution is 0.462. The zero-order valence-corrected chi connectivity index (χ0v) is 10.5. The third kappa shape index (κ3) is 2.42. The number of aromatic nitrogens is 1. The van der Waals surface area contributed by atoms with Gasteiger partial charge in [-0.25, -0.2) is 4.98 Å². The van der Waals surface area contributed by atoms with E-state index in [9.17, 15) is 0 Å². The fourth-order valence-corrected chi connectivity index (χ4v) is 2.63. The Balaban J connectivity index is 2.27. The van der Waals surface area contributed by atoms with Crippen LogP contribution in [0.3, 0.4) is 0 Å². The quantitative estimate of drug-likeness (QED) is 0.888. The molecule has 88 valence electrons. The molecular formula is C11H15Cl2N3. The average molecular weight is 260 g/mol. The maximum absolute atomic E-state index is 6.16. The first-order valence-electron chi connectivity index (χ1n) is 5.50. The number of hydrogen-bond donors (Lipinski definition) is 1. The Morgan fingerprint density at radius 1 is 1.44 bits per heavy atom. The van der Waals surface area contributed by atoms with E-state index in [-0.39, 0.29) is 0 Å². The number of anilines is 1. The van der Waals surface area contributed by atoms with Gasteiger partial charge in [0.15, 0.2) is 0 Å². The molecule has 1 aromatic heterocycles. The van der Waals surface area contributed by atoms with E-state index < -0.39 is 0 Å². The molecule has 2 rings (SSSR count). The van der Waals surface area contributed by atoms with Gasteiger partial charge in [-0.1, -0.05) is 23.2 Å². The number of nitrogens with two attached hydrogens (primary N) is 1. The zero-order chi connectivity index (χ0) is 11.5. The minimum absolute atomic E-state index is 0.347. The van der Waals surface area contributed by atoms with Gasteiger partial charge >= 0.3 is 0 Å². The highest BCUT2D eigenvalue weighted by Gasteiger charge is 2.23. The summed E-state index contributed by atoms with van der Waals surface area (Å²) in [5, 5.41) is 1.17. The molecule has 0 radical (unpaired) electrons. The van der Waals surface area contributed by atoms with Crippen LogP contribution in [0.4, 0.5) is 5.82 Å². The SMILES string of the molecule is NCC1CCCCN1c1ncc(Cl)cc1Cl. The number of pyridine rings is 1. The molecule has 0 bridgehead atoms. The molecule has 1 fully saturated rings. The van der Waals surface area contributed by atoms with Crippen LogP contribution in [0.25, 0.3) is 0 Å². The van der Waals surface area contributed by atoms with Crippen LogP contribution in [-0.2, 0) is 0 Å². The maximum Gasteiger partial charge on any atom is 0.147 e. The summed E-state index contributed by atoms with van der Waals surface area (Å²) in [6.07, 6.45) is 5.13. The number of halogens is 2. The van der Waals surface area contributed by atoms with Gasteiger partial charge < -0.3 is 10.6 Å². The summed E-state index contributed by atoms with van der Waals surface area (Å²) in [4.78, 5) is 6.50. The second-order valence-electron chi connectivity index (χ2n) is 4.04. The van der Waals surface area contributed by atoms with Crippen molar-refractivity contribution in [1.82, 2.24) is 4.98 Å². The Morgan fingerprint density at radius 2 is 2.25 bits per heavy atom. The number of hydrogen-bond acceptors (Lipinski definition) is 3. The highest BCUT2D eigenvalue weighted by Crippen LogP contribution is 2.30. The molecule has 2 N–H and O–H groups in total. The van der Waals surface area contributed by atoms with E-state index in [0.29, 0.717) is 22.6 Å². The summed E-state index contributed by atoms with van der Waals surface area (Å²) in [5.41, 5.74) is 5.77. The van der Waals surface area contributed by atoms with Crippen LogP contribution in [0.2, 0.25) is 10.0 Å². The summed E-state index contributed by atoms with van der Waals surface area (Å²) in [7, 11) is 0. The van der Waals surface area contributed by atoms with E-state index in [1.54, 1.807) is 12.3 Å². The van der Waals surface area contributed by atoms with Crippen LogP contribution in [-0.4, -0.2) is 24.1 Å². The van der Waals surface area contributed by atoms with Crippen molar-refractivity contribution < 1.29 is 0 Å². The van der Waals surface area contributed by atoms with Crippen molar-refractivity contribution in [2.24, 2.45) is 5.73 Å². The predicted molar refractivity (Wildman–Crippen MR) is 68.3 cm³/mol. The van der Waals surface area contributed by atoms with Crippen molar-refractivity contribution in [3.05, 3.63) is 22.3 Å². The predicted octanol–water partition coefficient (Wildman–Crippen LogP) is 2.71.